The fourth-order valence-electron chi connectivity index (χ4n) is 5.97. The van der Waals surface area contributed by atoms with Crippen molar-refractivity contribution in [1.29, 1.82) is 0 Å². The summed E-state index contributed by atoms with van der Waals surface area (Å²) in [5.74, 6) is 3.83. The first-order valence-electron chi connectivity index (χ1n) is 17.5. The van der Waals surface area contributed by atoms with Crippen LogP contribution in [-0.2, 0) is 16.1 Å². The van der Waals surface area contributed by atoms with Gasteiger partial charge in [-0.25, -0.2) is 9.78 Å². The number of hydrogen-bond donors (Lipinski definition) is 1. The second-order valence-electron chi connectivity index (χ2n) is 12.4. The molecule has 1 aromatic heterocycles. The number of benzene rings is 4. The van der Waals surface area contributed by atoms with Gasteiger partial charge in [-0.1, -0.05) is 6.07 Å². The third-order valence-corrected chi connectivity index (χ3v) is 8.94. The lowest BCUT2D eigenvalue weighted by Gasteiger charge is -2.26. The number of morpholine rings is 1. The molecule has 0 bridgehead atoms. The third-order valence-electron chi connectivity index (χ3n) is 8.94. The van der Waals surface area contributed by atoms with Gasteiger partial charge in [-0.3, -0.25) is 4.90 Å². The Morgan fingerprint density at radius 2 is 1.31 bits per heavy atom. The zero-order chi connectivity index (χ0) is 37.9. The molecule has 0 spiro atoms. The van der Waals surface area contributed by atoms with Gasteiger partial charge in [0.2, 0.25) is 0 Å². The lowest BCUT2D eigenvalue weighted by molar-refractivity contribution is -0.136. The van der Waals surface area contributed by atoms with Gasteiger partial charge in [0.15, 0.2) is 29.6 Å². The molecule has 14 heteroatoms. The molecule has 1 aliphatic rings. The Bertz CT molecular complexity index is 1980. The fraction of sp³-hybridized carbons (Fsp3) is 0.317. The quantitative estimate of drug-likeness (QED) is 0.0865. The Morgan fingerprint density at radius 3 is 1.96 bits per heavy atom. The SMILES string of the molecule is COc1ccc(OC(=O)COc2ccc(-c3cn(CCN4CCOCC4)c(-c4ccc(OCC(O)c5ccc(OC)c(OC)c5)cc4)n3)cc2)cc1OC.Cl. The van der Waals surface area contributed by atoms with Crippen LogP contribution < -0.4 is 33.2 Å². The Morgan fingerprint density at radius 1 is 0.727 bits per heavy atom. The van der Waals surface area contributed by atoms with Crippen LogP contribution in [0.25, 0.3) is 22.6 Å². The molecular weight excluding hydrogens is 730 g/mol. The summed E-state index contributed by atoms with van der Waals surface area (Å²) in [7, 11) is 6.17. The van der Waals surface area contributed by atoms with E-state index in [1.807, 2.05) is 36.4 Å². The number of esters is 1. The van der Waals surface area contributed by atoms with Crippen molar-refractivity contribution < 1.29 is 47.8 Å². The van der Waals surface area contributed by atoms with Crippen LogP contribution in [0.4, 0.5) is 0 Å². The van der Waals surface area contributed by atoms with E-state index in [0.29, 0.717) is 45.8 Å². The van der Waals surface area contributed by atoms with Crippen molar-refractivity contribution in [3.05, 3.63) is 96.7 Å². The Balaban J connectivity index is 0.00000580. The maximum absolute atomic E-state index is 12.5. The molecular formula is C41H46ClN3O10. The number of hydrogen-bond acceptors (Lipinski definition) is 12. The molecule has 0 aliphatic carbocycles. The molecule has 0 radical (unpaired) electrons. The molecule has 13 nitrogen and oxygen atoms in total. The van der Waals surface area contributed by atoms with Crippen LogP contribution in [0.5, 0.6) is 40.2 Å². The Labute approximate surface area is 326 Å². The summed E-state index contributed by atoms with van der Waals surface area (Å²) in [6.45, 7) is 4.62. The van der Waals surface area contributed by atoms with E-state index >= 15 is 0 Å². The van der Waals surface area contributed by atoms with Gasteiger partial charge in [-0.15, -0.1) is 12.4 Å². The molecule has 1 unspecified atom stereocenters. The average Bonchev–Trinajstić information content (AvgIpc) is 3.65. The van der Waals surface area contributed by atoms with Gasteiger partial charge in [0.1, 0.15) is 35.8 Å². The lowest BCUT2D eigenvalue weighted by Crippen LogP contribution is -2.38. The van der Waals surface area contributed by atoms with E-state index < -0.39 is 12.1 Å². The molecule has 5 aromatic rings. The number of aliphatic hydroxyl groups excluding tert-OH is 1. The monoisotopic (exact) mass is 775 g/mol. The fourth-order valence-corrected chi connectivity index (χ4v) is 5.97. The minimum Gasteiger partial charge on any atom is -0.493 e. The first-order chi connectivity index (χ1) is 26.4. The number of halogens is 1. The smallest absolute Gasteiger partial charge is 0.349 e. The first-order valence-corrected chi connectivity index (χ1v) is 17.5. The highest BCUT2D eigenvalue weighted by atomic mass is 35.5. The van der Waals surface area contributed by atoms with Crippen LogP contribution in [0.1, 0.15) is 11.7 Å². The van der Waals surface area contributed by atoms with E-state index in [4.69, 9.17) is 42.9 Å². The van der Waals surface area contributed by atoms with Crippen molar-refractivity contribution in [2.45, 2.75) is 12.6 Å². The number of nitrogens with zero attached hydrogens (tertiary/aromatic N) is 3. The summed E-state index contributed by atoms with van der Waals surface area (Å²) in [5, 5.41) is 10.8. The minimum atomic E-state index is -0.860. The van der Waals surface area contributed by atoms with E-state index in [1.165, 1.54) is 14.2 Å². The van der Waals surface area contributed by atoms with E-state index in [1.54, 1.807) is 62.8 Å². The molecule has 6 rings (SSSR count). The number of ether oxygens (including phenoxy) is 8. The van der Waals surface area contributed by atoms with Crippen molar-refractivity contribution in [1.82, 2.24) is 14.5 Å². The molecule has 1 N–H and O–H groups in total. The molecule has 0 amide bonds. The summed E-state index contributed by atoms with van der Waals surface area (Å²) in [5.41, 5.74) is 3.27. The van der Waals surface area contributed by atoms with Crippen molar-refractivity contribution in [3.8, 4) is 62.9 Å². The highest BCUT2D eigenvalue weighted by Gasteiger charge is 2.17. The van der Waals surface area contributed by atoms with Crippen molar-refractivity contribution in [3.63, 3.8) is 0 Å². The number of aliphatic hydroxyl groups is 1. The van der Waals surface area contributed by atoms with Gasteiger partial charge in [-0.2, -0.15) is 0 Å². The maximum atomic E-state index is 12.5. The van der Waals surface area contributed by atoms with Crippen molar-refractivity contribution in [2.24, 2.45) is 0 Å². The summed E-state index contributed by atoms with van der Waals surface area (Å²) in [6.07, 6.45) is 1.19. The standard InChI is InChI=1S/C41H45N3O10.ClH/c1-47-36-15-9-30(23-38(36)49-3)35(45)26-52-31-12-7-29(8-13-31)41-42-34(25-44(41)18-17-43-19-21-51-22-20-43)28-5-10-32(11-6-28)53-27-40(46)54-33-14-16-37(48-2)39(24-33)50-4;/h5-16,23-25,35,45H,17-22,26-27H2,1-4H3;1H. The van der Waals surface area contributed by atoms with E-state index in [0.717, 1.165) is 62.0 Å². The van der Waals surface area contributed by atoms with Crippen LogP contribution in [0.15, 0.2) is 91.1 Å². The zero-order valence-corrected chi connectivity index (χ0v) is 32.1. The number of rotatable bonds is 17. The number of methoxy groups -OCH3 is 4. The lowest BCUT2D eigenvalue weighted by atomic mass is 10.1. The number of aromatic nitrogens is 2. The molecule has 4 aromatic carbocycles. The zero-order valence-electron chi connectivity index (χ0n) is 31.3. The minimum absolute atomic E-state index is 0. The van der Waals surface area contributed by atoms with Gasteiger partial charge in [0.05, 0.1) is 47.3 Å². The maximum Gasteiger partial charge on any atom is 0.349 e. The Kier molecular flexibility index (Phi) is 14.6. The normalized spacial score (nSPS) is 13.3. The highest BCUT2D eigenvalue weighted by Crippen LogP contribution is 2.33. The van der Waals surface area contributed by atoms with Crippen molar-refractivity contribution in [2.75, 3.05) is 74.5 Å². The number of carbonyl (C=O) groups excluding carboxylic acids is 1. The highest BCUT2D eigenvalue weighted by molar-refractivity contribution is 5.85. The first kappa shape index (κ1) is 40.7. The average molecular weight is 776 g/mol. The summed E-state index contributed by atoms with van der Waals surface area (Å²) >= 11 is 0. The van der Waals surface area contributed by atoms with E-state index in [2.05, 4.69) is 15.7 Å². The second kappa shape index (κ2) is 19.7. The van der Waals surface area contributed by atoms with Crippen LogP contribution in [-0.4, -0.2) is 100 Å². The molecule has 1 atom stereocenters. The van der Waals surface area contributed by atoms with Gasteiger partial charge in [-0.05, 0) is 78.4 Å². The predicted molar refractivity (Wildman–Crippen MR) is 208 cm³/mol. The molecule has 2 heterocycles. The summed E-state index contributed by atoms with van der Waals surface area (Å²) in [4.78, 5) is 19.9. The molecule has 0 saturated carbocycles. The Hall–Kier alpha value is -5.47. The summed E-state index contributed by atoms with van der Waals surface area (Å²) in [6, 6.07) is 25.2. The molecule has 1 fully saturated rings. The van der Waals surface area contributed by atoms with E-state index in [9.17, 15) is 9.90 Å². The van der Waals surface area contributed by atoms with Gasteiger partial charge in [0, 0.05) is 49.6 Å². The molecule has 1 saturated heterocycles. The van der Waals surface area contributed by atoms with Crippen molar-refractivity contribution >= 4 is 18.4 Å². The van der Waals surface area contributed by atoms with E-state index in [-0.39, 0.29) is 25.6 Å². The molecule has 1 aliphatic heterocycles. The predicted octanol–water partition coefficient (Wildman–Crippen LogP) is 6.10. The van der Waals surface area contributed by atoms with Gasteiger partial charge in [0.25, 0.3) is 0 Å². The van der Waals surface area contributed by atoms with Gasteiger partial charge >= 0.3 is 5.97 Å². The van der Waals surface area contributed by atoms with Gasteiger partial charge < -0.3 is 47.6 Å². The summed E-state index contributed by atoms with van der Waals surface area (Å²) < 4.78 is 46.0. The van der Waals surface area contributed by atoms with Crippen LogP contribution in [0.3, 0.4) is 0 Å². The van der Waals surface area contributed by atoms with Crippen LogP contribution in [0.2, 0.25) is 0 Å². The van der Waals surface area contributed by atoms with Crippen LogP contribution >= 0.6 is 12.4 Å². The second-order valence-corrected chi connectivity index (χ2v) is 12.4. The molecule has 55 heavy (non-hydrogen) atoms. The number of imidazole rings is 1. The van der Waals surface area contributed by atoms with Crippen LogP contribution in [0, 0.1) is 0 Å². The molecule has 292 valence electrons. The third kappa shape index (κ3) is 10.6. The number of carbonyl (C=O) groups is 1. The largest absolute Gasteiger partial charge is 0.493 e. The topological polar surface area (TPSA) is 132 Å².